The summed E-state index contributed by atoms with van der Waals surface area (Å²) in [5.41, 5.74) is 5.87. The largest absolute Gasteiger partial charge is 0.261 e. The summed E-state index contributed by atoms with van der Waals surface area (Å²) in [5.74, 6) is 0.710. The van der Waals surface area contributed by atoms with E-state index in [2.05, 4.69) is 33.5 Å². The molecule has 0 radical (unpaired) electrons. The molecule has 4 nitrogen and oxygen atoms in total. The average Bonchev–Trinajstić information content (AvgIpc) is 2.48. The lowest BCUT2D eigenvalue weighted by Crippen LogP contribution is -1.95. The molecule has 1 aromatic carbocycles. The van der Waals surface area contributed by atoms with Crippen molar-refractivity contribution in [2.75, 3.05) is 5.43 Å². The zero-order valence-corrected chi connectivity index (χ0v) is 11.1. The molecule has 0 amide bonds. The fraction of sp³-hybridized carbons (Fsp3) is 0.0625. The van der Waals surface area contributed by atoms with Gasteiger partial charge in [-0.2, -0.15) is 5.10 Å². The summed E-state index contributed by atoms with van der Waals surface area (Å²) in [6.45, 7) is 2.08. The van der Waals surface area contributed by atoms with Crippen LogP contribution in [0.15, 0.2) is 59.8 Å². The van der Waals surface area contributed by atoms with Gasteiger partial charge in [-0.3, -0.25) is 5.43 Å². The molecule has 0 aliphatic rings. The highest BCUT2D eigenvalue weighted by molar-refractivity contribution is 5.87. The second-order valence-electron chi connectivity index (χ2n) is 4.47. The van der Waals surface area contributed by atoms with Gasteiger partial charge >= 0.3 is 0 Å². The zero-order chi connectivity index (χ0) is 13.8. The highest BCUT2D eigenvalue weighted by Crippen LogP contribution is 2.16. The number of anilines is 1. The molecule has 0 saturated carbocycles. The Labute approximate surface area is 117 Å². The summed E-state index contributed by atoms with van der Waals surface area (Å²) >= 11 is 0. The Kier molecular flexibility index (Phi) is 3.37. The van der Waals surface area contributed by atoms with E-state index in [0.717, 1.165) is 11.2 Å². The minimum Gasteiger partial charge on any atom is -0.261 e. The van der Waals surface area contributed by atoms with Gasteiger partial charge in [0.1, 0.15) is 5.82 Å². The smallest absolute Gasteiger partial charge is 0.146 e. The third-order valence-corrected chi connectivity index (χ3v) is 2.98. The van der Waals surface area contributed by atoms with E-state index in [-0.39, 0.29) is 0 Å². The number of pyridine rings is 2. The lowest BCUT2D eigenvalue weighted by Gasteiger charge is -2.03. The molecule has 0 unspecified atom stereocenters. The van der Waals surface area contributed by atoms with Crippen LogP contribution in [0.3, 0.4) is 0 Å². The van der Waals surface area contributed by atoms with Gasteiger partial charge in [-0.05, 0) is 36.8 Å². The lowest BCUT2D eigenvalue weighted by molar-refractivity contribution is 1.22. The summed E-state index contributed by atoms with van der Waals surface area (Å²) in [5, 5.41) is 5.33. The molecule has 0 aliphatic carbocycles. The number of hydrazone groups is 1. The predicted molar refractivity (Wildman–Crippen MR) is 81.9 cm³/mol. The number of rotatable bonds is 3. The van der Waals surface area contributed by atoms with Gasteiger partial charge in [0.15, 0.2) is 0 Å². The van der Waals surface area contributed by atoms with Crippen LogP contribution in [0.5, 0.6) is 0 Å². The third-order valence-electron chi connectivity index (χ3n) is 2.98. The van der Waals surface area contributed by atoms with Crippen LogP contribution in [0.4, 0.5) is 5.82 Å². The number of hydrogen-bond donors (Lipinski definition) is 1. The summed E-state index contributed by atoms with van der Waals surface area (Å²) < 4.78 is 0. The zero-order valence-electron chi connectivity index (χ0n) is 11.1. The van der Waals surface area contributed by atoms with E-state index < -0.39 is 0 Å². The maximum atomic E-state index is 4.56. The minimum absolute atomic E-state index is 0.710. The molecule has 1 N–H and O–H groups in total. The van der Waals surface area contributed by atoms with Crippen molar-refractivity contribution in [3.05, 3.63) is 66.0 Å². The second kappa shape index (κ2) is 5.48. The molecular formula is C16H14N4. The van der Waals surface area contributed by atoms with Crippen LogP contribution >= 0.6 is 0 Å². The lowest BCUT2D eigenvalue weighted by atomic mass is 10.1. The molecule has 4 heteroatoms. The summed E-state index contributed by atoms with van der Waals surface area (Å²) in [6.07, 6.45) is 3.42. The quantitative estimate of drug-likeness (QED) is 0.581. The maximum absolute atomic E-state index is 4.56. The SMILES string of the molecule is Cc1cc(/C=N/Nc2ccccn2)nc2ccccc12. The van der Waals surface area contributed by atoms with E-state index in [0.29, 0.717) is 5.82 Å². The van der Waals surface area contributed by atoms with E-state index in [1.807, 2.05) is 42.5 Å². The van der Waals surface area contributed by atoms with Crippen LogP contribution in [0.2, 0.25) is 0 Å². The number of aromatic nitrogens is 2. The Morgan fingerprint density at radius 2 is 1.95 bits per heavy atom. The van der Waals surface area contributed by atoms with Crippen molar-refractivity contribution in [1.82, 2.24) is 9.97 Å². The van der Waals surface area contributed by atoms with Crippen molar-refractivity contribution >= 4 is 22.9 Å². The molecule has 0 saturated heterocycles. The highest BCUT2D eigenvalue weighted by Gasteiger charge is 2.00. The van der Waals surface area contributed by atoms with Gasteiger partial charge in [-0.15, -0.1) is 0 Å². The van der Waals surface area contributed by atoms with E-state index in [4.69, 9.17) is 0 Å². The molecule has 2 heterocycles. The van der Waals surface area contributed by atoms with Gasteiger partial charge in [0, 0.05) is 11.6 Å². The van der Waals surface area contributed by atoms with Crippen molar-refractivity contribution in [2.24, 2.45) is 5.10 Å². The van der Waals surface area contributed by atoms with Crippen molar-refractivity contribution in [2.45, 2.75) is 6.92 Å². The Morgan fingerprint density at radius 1 is 1.10 bits per heavy atom. The van der Waals surface area contributed by atoms with Gasteiger partial charge in [0.2, 0.25) is 0 Å². The van der Waals surface area contributed by atoms with E-state index in [1.54, 1.807) is 12.4 Å². The fourth-order valence-corrected chi connectivity index (χ4v) is 2.04. The number of fused-ring (bicyclic) bond motifs is 1. The molecule has 0 aliphatic heterocycles. The predicted octanol–water partition coefficient (Wildman–Crippen LogP) is 3.38. The molecule has 3 aromatic rings. The van der Waals surface area contributed by atoms with E-state index in [9.17, 15) is 0 Å². The van der Waals surface area contributed by atoms with Crippen LogP contribution in [0.1, 0.15) is 11.3 Å². The number of nitrogens with one attached hydrogen (secondary N) is 1. The summed E-state index contributed by atoms with van der Waals surface area (Å²) in [6, 6.07) is 15.7. The number of aryl methyl sites for hydroxylation is 1. The van der Waals surface area contributed by atoms with Crippen molar-refractivity contribution in [3.8, 4) is 0 Å². The number of benzene rings is 1. The standard InChI is InChI=1S/C16H14N4/c1-12-10-13(19-15-7-3-2-6-14(12)15)11-18-20-16-8-4-5-9-17-16/h2-11H,1H3,(H,17,20)/b18-11+. The third kappa shape index (κ3) is 2.64. The average molecular weight is 262 g/mol. The van der Waals surface area contributed by atoms with Crippen LogP contribution in [0.25, 0.3) is 10.9 Å². The van der Waals surface area contributed by atoms with Gasteiger partial charge in [0.05, 0.1) is 17.4 Å². The maximum Gasteiger partial charge on any atom is 0.146 e. The van der Waals surface area contributed by atoms with Gasteiger partial charge < -0.3 is 0 Å². The first kappa shape index (κ1) is 12.3. The van der Waals surface area contributed by atoms with E-state index in [1.165, 1.54) is 10.9 Å². The second-order valence-corrected chi connectivity index (χ2v) is 4.47. The molecule has 3 rings (SSSR count). The van der Waals surface area contributed by atoms with Gasteiger partial charge in [-0.1, -0.05) is 24.3 Å². The van der Waals surface area contributed by atoms with Crippen molar-refractivity contribution in [3.63, 3.8) is 0 Å². The molecule has 2 aromatic heterocycles. The molecule has 20 heavy (non-hydrogen) atoms. The first-order chi connectivity index (χ1) is 9.83. The Hall–Kier alpha value is -2.75. The van der Waals surface area contributed by atoms with Crippen LogP contribution in [0, 0.1) is 6.92 Å². The molecule has 0 atom stereocenters. The Morgan fingerprint density at radius 3 is 2.80 bits per heavy atom. The van der Waals surface area contributed by atoms with Crippen LogP contribution < -0.4 is 5.43 Å². The Bertz CT molecular complexity index is 751. The van der Waals surface area contributed by atoms with Crippen molar-refractivity contribution < 1.29 is 0 Å². The Balaban J connectivity index is 1.84. The van der Waals surface area contributed by atoms with E-state index >= 15 is 0 Å². The topological polar surface area (TPSA) is 50.2 Å². The van der Waals surface area contributed by atoms with Crippen LogP contribution in [-0.2, 0) is 0 Å². The molecular weight excluding hydrogens is 248 g/mol. The first-order valence-corrected chi connectivity index (χ1v) is 6.39. The van der Waals surface area contributed by atoms with Crippen molar-refractivity contribution in [1.29, 1.82) is 0 Å². The molecule has 0 fully saturated rings. The first-order valence-electron chi connectivity index (χ1n) is 6.39. The molecule has 98 valence electrons. The normalized spacial score (nSPS) is 11.1. The number of para-hydroxylation sites is 1. The minimum atomic E-state index is 0.710. The molecule has 0 bridgehead atoms. The summed E-state index contributed by atoms with van der Waals surface area (Å²) in [7, 11) is 0. The van der Waals surface area contributed by atoms with Gasteiger partial charge in [0.25, 0.3) is 0 Å². The highest BCUT2D eigenvalue weighted by atomic mass is 15.3. The monoisotopic (exact) mass is 262 g/mol. The van der Waals surface area contributed by atoms with Crippen LogP contribution in [-0.4, -0.2) is 16.2 Å². The summed E-state index contributed by atoms with van der Waals surface area (Å²) in [4.78, 5) is 8.69. The van der Waals surface area contributed by atoms with Gasteiger partial charge in [-0.25, -0.2) is 9.97 Å². The molecule has 0 spiro atoms. The fourth-order valence-electron chi connectivity index (χ4n) is 2.04. The number of nitrogens with zero attached hydrogens (tertiary/aromatic N) is 3. The number of hydrogen-bond acceptors (Lipinski definition) is 4.